The molecule has 5 heterocycles. The van der Waals surface area contributed by atoms with E-state index in [1.54, 1.807) is 49.3 Å². The fraction of sp³-hybridized carbons (Fsp3) is 0.594. The van der Waals surface area contributed by atoms with Crippen LogP contribution in [0.3, 0.4) is 0 Å². The highest BCUT2D eigenvalue weighted by atomic mass is 79.9. The number of aliphatic hydroxyl groups is 1. The Balaban J connectivity index is 1.40. The molecule has 4 atom stereocenters. The van der Waals surface area contributed by atoms with Crippen LogP contribution in [0.2, 0.25) is 25.7 Å². The van der Waals surface area contributed by atoms with Gasteiger partial charge in [-0.1, -0.05) is 19.6 Å². The zero-order valence-electron chi connectivity index (χ0n) is 28.4. The number of hydrogen-bond donors (Lipinski definition) is 2. The number of alkyl halides is 1. The Morgan fingerprint density at radius 3 is 2.62 bits per heavy atom. The summed E-state index contributed by atoms with van der Waals surface area (Å²) in [4.78, 5) is 24.2. The Kier molecular flexibility index (Phi) is 9.32. The second-order valence-electron chi connectivity index (χ2n) is 14.9. The van der Waals surface area contributed by atoms with Gasteiger partial charge in [0.05, 0.1) is 29.6 Å². The van der Waals surface area contributed by atoms with Crippen molar-refractivity contribution >= 4 is 58.0 Å². The van der Waals surface area contributed by atoms with Gasteiger partial charge in [-0.3, -0.25) is 4.68 Å². The fourth-order valence-electron chi connectivity index (χ4n) is 6.59. The molecule has 0 radical (unpaired) electrons. The number of aryl methyl sites for hydroxylation is 1. The first-order chi connectivity index (χ1) is 22.6. The molecule has 1 amide bonds. The van der Waals surface area contributed by atoms with E-state index < -0.39 is 50.4 Å². The number of hydrogen-bond acceptors (Lipinski definition) is 9. The van der Waals surface area contributed by atoms with Crippen molar-refractivity contribution in [1.29, 1.82) is 0 Å². The topological polar surface area (TPSA) is 132 Å². The molecule has 3 aromatic heterocycles. The van der Waals surface area contributed by atoms with Crippen molar-refractivity contribution in [2.45, 2.75) is 109 Å². The lowest BCUT2D eigenvalue weighted by molar-refractivity contribution is 0.0447. The van der Waals surface area contributed by atoms with E-state index in [1.807, 2.05) is 4.90 Å². The quantitative estimate of drug-likeness (QED) is 0.155. The third kappa shape index (κ3) is 6.68. The number of anilines is 1. The van der Waals surface area contributed by atoms with E-state index in [0.29, 0.717) is 58.4 Å². The van der Waals surface area contributed by atoms with Crippen LogP contribution in [0, 0.1) is 5.82 Å². The summed E-state index contributed by atoms with van der Waals surface area (Å²) in [7, 11) is 0.350. The number of fused-ring (bicyclic) bond motifs is 4. The standard InChI is InChI=1S/C32H43BrF2N8O4Si/c1-32(2,3)47-31(45)37-20-14-17-8-11-22(25(20)35)43(17)29-21(15-44)36-27-26(18-9-10-19-23(24(18)34)28(33)41(4)39-19)40-42(30(27)38-29)16-46-12-13-48(5,6)7/h9-10,17,20,22,25,44H,8,11-16H2,1-7H3,(H,37,45)/t17-,20-,22+,25-/m0/s1. The Morgan fingerprint density at radius 2 is 1.94 bits per heavy atom. The minimum absolute atomic E-state index is 0.0501. The number of nitrogens with zero attached hydrogens (tertiary/aromatic N) is 7. The number of rotatable bonds is 9. The fourth-order valence-corrected chi connectivity index (χ4v) is 7.80. The third-order valence-corrected chi connectivity index (χ3v) is 11.5. The maximum Gasteiger partial charge on any atom is 0.407 e. The van der Waals surface area contributed by atoms with Crippen LogP contribution >= 0.6 is 15.9 Å². The van der Waals surface area contributed by atoms with Gasteiger partial charge in [-0.15, -0.1) is 0 Å². The average molecular weight is 750 g/mol. The lowest BCUT2D eigenvalue weighted by atomic mass is 9.95. The highest BCUT2D eigenvalue weighted by Crippen LogP contribution is 2.42. The molecule has 12 nitrogen and oxygen atoms in total. The number of aromatic nitrogens is 6. The maximum absolute atomic E-state index is 16.2. The minimum atomic E-state index is -1.41. The highest BCUT2D eigenvalue weighted by molar-refractivity contribution is 9.10. The smallest absolute Gasteiger partial charge is 0.407 e. The molecule has 0 spiro atoms. The summed E-state index contributed by atoms with van der Waals surface area (Å²) in [6.07, 6.45) is -0.522. The van der Waals surface area contributed by atoms with E-state index in [1.165, 1.54) is 0 Å². The van der Waals surface area contributed by atoms with Gasteiger partial charge in [-0.25, -0.2) is 28.2 Å². The summed E-state index contributed by atoms with van der Waals surface area (Å²) >= 11 is 3.44. The highest BCUT2D eigenvalue weighted by Gasteiger charge is 2.50. The summed E-state index contributed by atoms with van der Waals surface area (Å²) in [5.74, 6) is -0.176. The first-order valence-electron chi connectivity index (χ1n) is 16.3. The molecule has 2 aliphatic heterocycles. The van der Waals surface area contributed by atoms with Gasteiger partial charge in [0, 0.05) is 33.3 Å². The van der Waals surface area contributed by atoms with E-state index >= 15 is 8.78 Å². The van der Waals surface area contributed by atoms with Crippen LogP contribution in [0.25, 0.3) is 33.3 Å². The molecule has 260 valence electrons. The molecule has 6 rings (SSSR count). The number of nitrogens with one attached hydrogen (secondary N) is 1. The summed E-state index contributed by atoms with van der Waals surface area (Å²) in [5.41, 5.74) is 1.07. The number of piperidine rings is 1. The van der Waals surface area contributed by atoms with Gasteiger partial charge in [0.15, 0.2) is 11.5 Å². The number of alkyl carbamates (subject to hydrolysis) is 1. The van der Waals surface area contributed by atoms with Gasteiger partial charge < -0.3 is 24.8 Å². The summed E-state index contributed by atoms with van der Waals surface area (Å²) in [6.45, 7) is 12.2. The van der Waals surface area contributed by atoms with Crippen molar-refractivity contribution in [2.24, 2.45) is 7.05 Å². The molecule has 2 aliphatic rings. The van der Waals surface area contributed by atoms with Gasteiger partial charge in [-0.2, -0.15) is 10.2 Å². The number of ether oxygens (including phenoxy) is 2. The zero-order valence-corrected chi connectivity index (χ0v) is 30.9. The zero-order chi connectivity index (χ0) is 34.7. The van der Waals surface area contributed by atoms with Crippen LogP contribution in [0.15, 0.2) is 16.7 Å². The van der Waals surface area contributed by atoms with Crippen LogP contribution in [-0.4, -0.2) is 85.3 Å². The number of carbonyl (C=O) groups excluding carboxylic acids is 1. The Labute approximate surface area is 287 Å². The summed E-state index contributed by atoms with van der Waals surface area (Å²) in [6, 6.07) is 2.78. The summed E-state index contributed by atoms with van der Waals surface area (Å²) in [5, 5.41) is 22.7. The van der Waals surface area contributed by atoms with Gasteiger partial charge in [-0.05, 0) is 74.1 Å². The molecule has 2 saturated heterocycles. The second-order valence-corrected chi connectivity index (χ2v) is 21.3. The van der Waals surface area contributed by atoms with Gasteiger partial charge in [0.1, 0.15) is 45.8 Å². The molecule has 4 aromatic rings. The molecule has 0 saturated carbocycles. The predicted molar refractivity (Wildman–Crippen MR) is 185 cm³/mol. The molecule has 0 aliphatic carbocycles. The van der Waals surface area contributed by atoms with E-state index in [9.17, 15) is 9.90 Å². The molecule has 1 aromatic carbocycles. The van der Waals surface area contributed by atoms with E-state index in [-0.39, 0.29) is 29.7 Å². The van der Waals surface area contributed by atoms with Crippen LogP contribution in [0.5, 0.6) is 0 Å². The normalized spacial score (nSPS) is 21.4. The van der Waals surface area contributed by atoms with Crippen molar-refractivity contribution in [2.75, 3.05) is 11.5 Å². The van der Waals surface area contributed by atoms with Crippen LogP contribution in [-0.2, 0) is 29.9 Å². The molecular formula is C32H43BrF2N8O4Si. The molecule has 16 heteroatoms. The number of amides is 1. The van der Waals surface area contributed by atoms with Gasteiger partial charge in [0.2, 0.25) is 0 Å². The predicted octanol–water partition coefficient (Wildman–Crippen LogP) is 6.06. The van der Waals surface area contributed by atoms with Crippen LogP contribution < -0.4 is 10.2 Å². The van der Waals surface area contributed by atoms with Gasteiger partial charge in [0.25, 0.3) is 0 Å². The first kappa shape index (κ1) is 34.6. The van der Waals surface area contributed by atoms with Gasteiger partial charge >= 0.3 is 6.09 Å². The Hall–Kier alpha value is -3.21. The lowest BCUT2D eigenvalue weighted by Gasteiger charge is -2.42. The van der Waals surface area contributed by atoms with Crippen molar-refractivity contribution in [3.05, 3.63) is 28.2 Å². The Morgan fingerprint density at radius 1 is 1.19 bits per heavy atom. The molecule has 2 fully saturated rings. The molecule has 0 unspecified atom stereocenters. The monoisotopic (exact) mass is 748 g/mol. The lowest BCUT2D eigenvalue weighted by Crippen LogP contribution is -2.59. The maximum atomic E-state index is 16.2. The Bertz CT molecular complexity index is 1860. The number of carbonyl (C=O) groups is 1. The van der Waals surface area contributed by atoms with Crippen molar-refractivity contribution in [3.63, 3.8) is 0 Å². The average Bonchev–Trinajstić information content (AvgIpc) is 3.62. The number of aliphatic hydroxyl groups excluding tert-OH is 1. The first-order valence-corrected chi connectivity index (χ1v) is 20.8. The largest absolute Gasteiger partial charge is 0.444 e. The van der Waals surface area contributed by atoms with Crippen LogP contribution in [0.4, 0.5) is 19.4 Å². The van der Waals surface area contributed by atoms with Crippen LogP contribution in [0.1, 0.15) is 45.7 Å². The van der Waals surface area contributed by atoms with Crippen molar-refractivity contribution in [1.82, 2.24) is 34.8 Å². The SMILES string of the molecule is Cn1nc2ccc(-c3nn(COCC[Si](C)(C)C)c4nc(N5[C@H]6CC[C@@H]5[C@@H](F)[C@@H](NC(=O)OC(C)(C)C)C6)c(CO)nc34)c(F)c2c1Br. The minimum Gasteiger partial charge on any atom is -0.444 e. The number of halogens is 3. The summed E-state index contributed by atoms with van der Waals surface area (Å²) < 4.78 is 47.3. The van der Waals surface area contributed by atoms with Crippen molar-refractivity contribution in [3.8, 4) is 11.3 Å². The third-order valence-electron chi connectivity index (χ3n) is 8.87. The molecule has 2 N–H and O–H groups in total. The van der Waals surface area contributed by atoms with E-state index in [0.717, 1.165) is 6.04 Å². The van der Waals surface area contributed by atoms with E-state index in [2.05, 4.69) is 46.0 Å². The van der Waals surface area contributed by atoms with Crippen molar-refractivity contribution < 1.29 is 28.2 Å². The number of benzene rings is 1. The molecule has 48 heavy (non-hydrogen) atoms. The molecular weight excluding hydrogens is 706 g/mol. The van der Waals surface area contributed by atoms with E-state index in [4.69, 9.17) is 24.5 Å². The second kappa shape index (κ2) is 12.9. The molecule has 2 bridgehead atoms.